The topological polar surface area (TPSA) is 49.6 Å². The van der Waals surface area contributed by atoms with E-state index in [0.29, 0.717) is 18.4 Å². The lowest BCUT2D eigenvalue weighted by Crippen LogP contribution is -2.52. The standard InChI is InChI=1S/C17H25N3O/c1-13(14-4-6-15(18)7-5-14)11-17(21)20-10-9-19-8-2-3-16(19)12-20/h4-7,13,16H,2-3,8-12,18H2,1H3. The molecule has 2 heterocycles. The number of amides is 1. The van der Waals surface area contributed by atoms with Gasteiger partial charge in [-0.1, -0.05) is 19.1 Å². The number of hydrogen-bond acceptors (Lipinski definition) is 3. The predicted octanol–water partition coefficient (Wildman–Crippen LogP) is 2.07. The van der Waals surface area contributed by atoms with Crippen molar-refractivity contribution in [3.05, 3.63) is 29.8 Å². The third kappa shape index (κ3) is 3.21. The Balaban J connectivity index is 1.57. The summed E-state index contributed by atoms with van der Waals surface area (Å²) in [6, 6.07) is 8.49. The van der Waals surface area contributed by atoms with Gasteiger partial charge in [-0.2, -0.15) is 0 Å². The minimum atomic E-state index is 0.250. The van der Waals surface area contributed by atoms with Crippen molar-refractivity contribution in [1.82, 2.24) is 9.80 Å². The summed E-state index contributed by atoms with van der Waals surface area (Å²) in [6.07, 6.45) is 3.13. The molecule has 114 valence electrons. The maximum atomic E-state index is 12.5. The molecule has 3 rings (SSSR count). The van der Waals surface area contributed by atoms with E-state index < -0.39 is 0 Å². The van der Waals surface area contributed by atoms with Crippen molar-refractivity contribution in [3.63, 3.8) is 0 Å². The van der Waals surface area contributed by atoms with Crippen LogP contribution < -0.4 is 5.73 Å². The van der Waals surface area contributed by atoms with E-state index in [2.05, 4.69) is 16.7 Å². The largest absolute Gasteiger partial charge is 0.399 e. The van der Waals surface area contributed by atoms with Crippen molar-refractivity contribution >= 4 is 11.6 Å². The van der Waals surface area contributed by atoms with E-state index in [4.69, 9.17) is 5.73 Å². The number of rotatable bonds is 3. The second kappa shape index (κ2) is 6.06. The molecule has 2 atom stereocenters. The summed E-state index contributed by atoms with van der Waals surface area (Å²) in [5.74, 6) is 0.547. The van der Waals surface area contributed by atoms with E-state index in [1.165, 1.54) is 24.9 Å². The molecule has 0 bridgehead atoms. The molecule has 2 aliphatic heterocycles. The summed E-state index contributed by atoms with van der Waals surface area (Å²) < 4.78 is 0. The van der Waals surface area contributed by atoms with E-state index in [1.807, 2.05) is 24.3 Å². The SMILES string of the molecule is CC(CC(=O)N1CCN2CCCC2C1)c1ccc(N)cc1. The average Bonchev–Trinajstić information content (AvgIpc) is 2.95. The van der Waals surface area contributed by atoms with Gasteiger partial charge in [-0.05, 0) is 43.0 Å². The van der Waals surface area contributed by atoms with Crippen molar-refractivity contribution in [3.8, 4) is 0 Å². The zero-order valence-corrected chi connectivity index (χ0v) is 12.8. The molecule has 2 aliphatic rings. The number of nitrogens with two attached hydrogens (primary N) is 1. The van der Waals surface area contributed by atoms with Gasteiger partial charge in [0.2, 0.25) is 5.91 Å². The minimum Gasteiger partial charge on any atom is -0.399 e. The Bertz CT molecular complexity index is 499. The van der Waals surface area contributed by atoms with E-state index in [9.17, 15) is 4.79 Å². The summed E-state index contributed by atoms with van der Waals surface area (Å²) in [5, 5.41) is 0. The van der Waals surface area contributed by atoms with Crippen LogP contribution in [0.5, 0.6) is 0 Å². The van der Waals surface area contributed by atoms with Crippen LogP contribution in [0.25, 0.3) is 0 Å². The van der Waals surface area contributed by atoms with Gasteiger partial charge in [-0.15, -0.1) is 0 Å². The molecular weight excluding hydrogens is 262 g/mol. The number of nitrogen functional groups attached to an aromatic ring is 1. The lowest BCUT2D eigenvalue weighted by molar-refractivity contribution is -0.134. The number of carbonyl (C=O) groups is 1. The monoisotopic (exact) mass is 287 g/mol. The van der Waals surface area contributed by atoms with E-state index >= 15 is 0 Å². The highest BCUT2D eigenvalue weighted by Gasteiger charge is 2.32. The van der Waals surface area contributed by atoms with Crippen LogP contribution in [0.4, 0.5) is 5.69 Å². The van der Waals surface area contributed by atoms with Crippen LogP contribution in [0.1, 0.15) is 37.7 Å². The van der Waals surface area contributed by atoms with Gasteiger partial charge < -0.3 is 10.6 Å². The number of piperazine rings is 1. The fraction of sp³-hybridized carbons (Fsp3) is 0.588. The van der Waals surface area contributed by atoms with Crippen molar-refractivity contribution < 1.29 is 4.79 Å². The molecule has 2 saturated heterocycles. The van der Waals surface area contributed by atoms with Gasteiger partial charge in [0.25, 0.3) is 0 Å². The van der Waals surface area contributed by atoms with Crippen LogP contribution in [0, 0.1) is 0 Å². The van der Waals surface area contributed by atoms with Crippen LogP contribution in [-0.2, 0) is 4.79 Å². The quantitative estimate of drug-likeness (QED) is 0.866. The average molecular weight is 287 g/mol. The van der Waals surface area contributed by atoms with Gasteiger partial charge in [0, 0.05) is 37.8 Å². The fourth-order valence-corrected chi connectivity index (χ4v) is 3.55. The highest BCUT2D eigenvalue weighted by Crippen LogP contribution is 2.25. The maximum absolute atomic E-state index is 12.5. The van der Waals surface area contributed by atoms with Gasteiger partial charge >= 0.3 is 0 Å². The Hall–Kier alpha value is -1.55. The van der Waals surface area contributed by atoms with Gasteiger partial charge in [-0.25, -0.2) is 0 Å². The highest BCUT2D eigenvalue weighted by atomic mass is 16.2. The Morgan fingerprint density at radius 1 is 1.29 bits per heavy atom. The Morgan fingerprint density at radius 3 is 2.81 bits per heavy atom. The molecule has 2 N–H and O–H groups in total. The third-order valence-corrected chi connectivity index (χ3v) is 4.93. The van der Waals surface area contributed by atoms with E-state index in [-0.39, 0.29) is 5.92 Å². The van der Waals surface area contributed by atoms with Gasteiger partial charge in [-0.3, -0.25) is 9.69 Å². The molecule has 0 aliphatic carbocycles. The van der Waals surface area contributed by atoms with E-state index in [1.54, 1.807) is 0 Å². The molecule has 1 aromatic rings. The molecule has 4 nitrogen and oxygen atoms in total. The number of fused-ring (bicyclic) bond motifs is 1. The Labute approximate surface area is 126 Å². The zero-order chi connectivity index (χ0) is 14.8. The third-order valence-electron chi connectivity index (χ3n) is 4.93. The van der Waals surface area contributed by atoms with Crippen LogP contribution in [0.3, 0.4) is 0 Å². The fourth-order valence-electron chi connectivity index (χ4n) is 3.55. The van der Waals surface area contributed by atoms with Crippen LogP contribution in [0.2, 0.25) is 0 Å². The van der Waals surface area contributed by atoms with Gasteiger partial charge in [0.1, 0.15) is 0 Å². The molecule has 4 heteroatoms. The smallest absolute Gasteiger partial charge is 0.223 e. The van der Waals surface area contributed by atoms with Crippen LogP contribution in [0.15, 0.2) is 24.3 Å². The Morgan fingerprint density at radius 2 is 2.05 bits per heavy atom. The number of carbonyl (C=O) groups excluding carboxylic acids is 1. The van der Waals surface area contributed by atoms with Gasteiger partial charge in [0.05, 0.1) is 0 Å². The van der Waals surface area contributed by atoms with Crippen LogP contribution in [-0.4, -0.2) is 47.9 Å². The lowest BCUT2D eigenvalue weighted by atomic mass is 9.96. The maximum Gasteiger partial charge on any atom is 0.223 e. The summed E-state index contributed by atoms with van der Waals surface area (Å²) in [7, 11) is 0. The van der Waals surface area contributed by atoms with Gasteiger partial charge in [0.15, 0.2) is 0 Å². The first kappa shape index (κ1) is 14.4. The first-order valence-corrected chi connectivity index (χ1v) is 8.01. The normalized spacial score (nSPS) is 23.9. The number of anilines is 1. The molecule has 21 heavy (non-hydrogen) atoms. The molecule has 0 spiro atoms. The molecule has 0 saturated carbocycles. The summed E-state index contributed by atoms with van der Waals surface area (Å²) >= 11 is 0. The number of nitrogens with zero attached hydrogens (tertiary/aromatic N) is 2. The molecule has 2 unspecified atom stereocenters. The summed E-state index contributed by atoms with van der Waals surface area (Å²) in [6.45, 7) is 6.20. The van der Waals surface area contributed by atoms with Crippen molar-refractivity contribution in [1.29, 1.82) is 0 Å². The van der Waals surface area contributed by atoms with Crippen LogP contribution >= 0.6 is 0 Å². The van der Waals surface area contributed by atoms with Crippen molar-refractivity contribution in [2.24, 2.45) is 0 Å². The second-order valence-electron chi connectivity index (χ2n) is 6.44. The van der Waals surface area contributed by atoms with Crippen molar-refractivity contribution in [2.45, 2.75) is 38.1 Å². The highest BCUT2D eigenvalue weighted by molar-refractivity contribution is 5.77. The lowest BCUT2D eigenvalue weighted by Gasteiger charge is -2.38. The number of benzene rings is 1. The second-order valence-corrected chi connectivity index (χ2v) is 6.44. The van der Waals surface area contributed by atoms with E-state index in [0.717, 1.165) is 25.3 Å². The Kier molecular flexibility index (Phi) is 4.15. The first-order chi connectivity index (χ1) is 10.1. The summed E-state index contributed by atoms with van der Waals surface area (Å²) in [5.41, 5.74) is 7.68. The predicted molar refractivity (Wildman–Crippen MR) is 85.1 cm³/mol. The zero-order valence-electron chi connectivity index (χ0n) is 12.8. The molecule has 2 fully saturated rings. The minimum absolute atomic E-state index is 0.250. The molecule has 0 radical (unpaired) electrons. The number of hydrogen-bond donors (Lipinski definition) is 1. The van der Waals surface area contributed by atoms with Crippen molar-refractivity contribution in [2.75, 3.05) is 31.9 Å². The molecule has 0 aromatic heterocycles. The summed E-state index contributed by atoms with van der Waals surface area (Å²) in [4.78, 5) is 17.1. The first-order valence-electron chi connectivity index (χ1n) is 8.01. The molecular formula is C17H25N3O. The molecule has 1 amide bonds. The molecule has 1 aromatic carbocycles.